The zero-order valence-electron chi connectivity index (χ0n) is 18.4. The lowest BCUT2D eigenvalue weighted by atomic mass is 10.0. The van der Waals surface area contributed by atoms with Gasteiger partial charge in [0, 0.05) is 34.8 Å². The summed E-state index contributed by atoms with van der Waals surface area (Å²) in [6.45, 7) is 4.68. The van der Waals surface area contributed by atoms with Crippen LogP contribution in [0.4, 0.5) is 0 Å². The number of ketones is 1. The highest BCUT2D eigenvalue weighted by atomic mass is 16.2. The van der Waals surface area contributed by atoms with E-state index < -0.39 is 0 Å². The molecule has 1 aromatic heterocycles. The van der Waals surface area contributed by atoms with Crippen molar-refractivity contribution in [2.45, 2.75) is 71.3 Å². The van der Waals surface area contributed by atoms with Gasteiger partial charge >= 0.3 is 0 Å². The monoisotopic (exact) mass is 405 g/mol. The number of aliphatic hydroxyl groups is 1. The highest BCUT2D eigenvalue weighted by Crippen LogP contribution is 2.32. The van der Waals surface area contributed by atoms with Gasteiger partial charge in [-0.05, 0) is 32.8 Å². The van der Waals surface area contributed by atoms with Crippen molar-refractivity contribution in [2.75, 3.05) is 6.61 Å². The van der Waals surface area contributed by atoms with Crippen molar-refractivity contribution in [1.29, 1.82) is 0 Å². The van der Waals surface area contributed by atoms with E-state index in [2.05, 4.69) is 36.6 Å². The van der Waals surface area contributed by atoms with Crippen LogP contribution in [0.1, 0.15) is 85.9 Å². The smallest absolute Gasteiger partial charge is 0.195 e. The fourth-order valence-corrected chi connectivity index (χ4v) is 4.54. The third-order valence-electron chi connectivity index (χ3n) is 6.14. The SMILES string of the molecule is Cc1c(C(=O)c2ccccc2)c2ccccc2n1C(C)CCCCCCCCCO. The predicted molar refractivity (Wildman–Crippen MR) is 125 cm³/mol. The summed E-state index contributed by atoms with van der Waals surface area (Å²) < 4.78 is 2.37. The largest absolute Gasteiger partial charge is 0.396 e. The summed E-state index contributed by atoms with van der Waals surface area (Å²) in [7, 11) is 0. The van der Waals surface area contributed by atoms with Gasteiger partial charge in [0.15, 0.2) is 5.78 Å². The number of nitrogens with zero attached hydrogens (tertiary/aromatic N) is 1. The first-order chi connectivity index (χ1) is 14.6. The quantitative estimate of drug-likeness (QED) is 0.264. The average molecular weight is 406 g/mol. The number of carbonyl (C=O) groups is 1. The van der Waals surface area contributed by atoms with E-state index in [1.165, 1.54) is 32.1 Å². The summed E-state index contributed by atoms with van der Waals surface area (Å²) in [5, 5.41) is 9.91. The van der Waals surface area contributed by atoms with Gasteiger partial charge in [-0.2, -0.15) is 0 Å². The number of benzene rings is 2. The molecule has 3 rings (SSSR count). The molecule has 160 valence electrons. The Kier molecular flexibility index (Phi) is 8.27. The zero-order chi connectivity index (χ0) is 21.3. The maximum absolute atomic E-state index is 13.3. The van der Waals surface area contributed by atoms with Crippen LogP contribution in [-0.2, 0) is 0 Å². The van der Waals surface area contributed by atoms with Gasteiger partial charge < -0.3 is 9.67 Å². The van der Waals surface area contributed by atoms with E-state index in [1.54, 1.807) is 0 Å². The van der Waals surface area contributed by atoms with Gasteiger partial charge in [-0.3, -0.25) is 4.79 Å². The molecule has 3 nitrogen and oxygen atoms in total. The summed E-state index contributed by atoms with van der Waals surface area (Å²) in [5.41, 5.74) is 3.82. The van der Waals surface area contributed by atoms with Crippen molar-refractivity contribution in [1.82, 2.24) is 4.57 Å². The van der Waals surface area contributed by atoms with E-state index in [0.717, 1.165) is 47.0 Å². The lowest BCUT2D eigenvalue weighted by Crippen LogP contribution is -2.09. The lowest BCUT2D eigenvalue weighted by molar-refractivity contribution is 0.103. The van der Waals surface area contributed by atoms with Gasteiger partial charge in [0.2, 0.25) is 0 Å². The van der Waals surface area contributed by atoms with Gasteiger partial charge in [-0.1, -0.05) is 87.1 Å². The van der Waals surface area contributed by atoms with E-state index in [1.807, 2.05) is 36.4 Å². The molecule has 0 aliphatic heterocycles. The Labute approximate surface area is 180 Å². The summed E-state index contributed by atoms with van der Waals surface area (Å²) in [6, 6.07) is 18.3. The molecule has 3 heteroatoms. The number of aromatic nitrogens is 1. The molecule has 1 unspecified atom stereocenters. The lowest BCUT2D eigenvalue weighted by Gasteiger charge is -2.18. The molecule has 0 fully saturated rings. The summed E-state index contributed by atoms with van der Waals surface area (Å²) in [5.74, 6) is 0.109. The van der Waals surface area contributed by atoms with Crippen LogP contribution in [0.15, 0.2) is 54.6 Å². The van der Waals surface area contributed by atoms with E-state index in [9.17, 15) is 4.79 Å². The van der Waals surface area contributed by atoms with Crippen molar-refractivity contribution in [3.63, 3.8) is 0 Å². The molecule has 30 heavy (non-hydrogen) atoms. The number of para-hydroxylation sites is 1. The molecular formula is C27H35NO2. The van der Waals surface area contributed by atoms with E-state index in [0.29, 0.717) is 12.6 Å². The van der Waals surface area contributed by atoms with Gasteiger partial charge in [0.05, 0.1) is 5.56 Å². The second-order valence-corrected chi connectivity index (χ2v) is 8.38. The molecule has 0 spiro atoms. The number of hydrogen-bond acceptors (Lipinski definition) is 2. The Morgan fingerprint density at radius 3 is 2.17 bits per heavy atom. The third-order valence-corrected chi connectivity index (χ3v) is 6.14. The first-order valence-corrected chi connectivity index (χ1v) is 11.4. The molecule has 1 atom stereocenters. The van der Waals surface area contributed by atoms with Crippen LogP contribution in [0.25, 0.3) is 10.9 Å². The fraction of sp³-hybridized carbons (Fsp3) is 0.444. The Bertz CT molecular complexity index is 942. The summed E-state index contributed by atoms with van der Waals surface area (Å²) >= 11 is 0. The Balaban J connectivity index is 1.72. The van der Waals surface area contributed by atoms with Gasteiger partial charge in [-0.25, -0.2) is 0 Å². The number of aliphatic hydroxyl groups excluding tert-OH is 1. The highest BCUT2D eigenvalue weighted by molar-refractivity contribution is 6.17. The maximum Gasteiger partial charge on any atom is 0.195 e. The second kappa shape index (κ2) is 11.1. The van der Waals surface area contributed by atoms with Gasteiger partial charge in [0.25, 0.3) is 0 Å². The molecule has 0 saturated carbocycles. The normalized spacial score (nSPS) is 12.4. The number of hydrogen-bond donors (Lipinski definition) is 1. The number of carbonyl (C=O) groups excluding carboxylic acids is 1. The predicted octanol–water partition coefficient (Wildman–Crippen LogP) is 6.85. The highest BCUT2D eigenvalue weighted by Gasteiger charge is 2.22. The third kappa shape index (κ3) is 5.20. The molecule has 3 aromatic rings. The minimum Gasteiger partial charge on any atom is -0.396 e. The zero-order valence-corrected chi connectivity index (χ0v) is 18.4. The van der Waals surface area contributed by atoms with Crippen LogP contribution in [-0.4, -0.2) is 22.1 Å². The standard InChI is InChI=1S/C27H35NO2/c1-21(15-9-6-4-3-5-7-14-20-29)28-22(2)26(24-18-12-13-19-25(24)28)27(30)23-16-10-8-11-17-23/h8,10-13,16-19,21,29H,3-7,9,14-15,20H2,1-2H3. The van der Waals surface area contributed by atoms with Crippen molar-refractivity contribution in [3.05, 3.63) is 71.4 Å². The molecular weight excluding hydrogens is 370 g/mol. The molecule has 0 radical (unpaired) electrons. The molecule has 2 aromatic carbocycles. The molecule has 0 saturated heterocycles. The van der Waals surface area contributed by atoms with Crippen LogP contribution < -0.4 is 0 Å². The molecule has 1 N–H and O–H groups in total. The minimum atomic E-state index is 0.109. The number of fused-ring (bicyclic) bond motifs is 1. The van der Waals surface area contributed by atoms with Gasteiger partial charge in [-0.15, -0.1) is 0 Å². The Morgan fingerprint density at radius 1 is 0.867 bits per heavy atom. The first kappa shape index (κ1) is 22.3. The first-order valence-electron chi connectivity index (χ1n) is 11.4. The van der Waals surface area contributed by atoms with Crippen LogP contribution in [0.2, 0.25) is 0 Å². The molecule has 0 aliphatic carbocycles. The summed E-state index contributed by atoms with van der Waals surface area (Å²) in [6.07, 6.45) is 9.39. The number of unbranched alkanes of at least 4 members (excludes halogenated alkanes) is 6. The molecule has 1 heterocycles. The van der Waals surface area contributed by atoms with Crippen LogP contribution in [0, 0.1) is 6.92 Å². The van der Waals surface area contributed by atoms with Crippen molar-refractivity contribution >= 4 is 16.7 Å². The van der Waals surface area contributed by atoms with Crippen molar-refractivity contribution in [2.24, 2.45) is 0 Å². The van der Waals surface area contributed by atoms with E-state index in [-0.39, 0.29) is 5.78 Å². The van der Waals surface area contributed by atoms with Crippen molar-refractivity contribution < 1.29 is 9.90 Å². The van der Waals surface area contributed by atoms with Crippen LogP contribution in [0.5, 0.6) is 0 Å². The second-order valence-electron chi connectivity index (χ2n) is 8.38. The van der Waals surface area contributed by atoms with Crippen LogP contribution >= 0.6 is 0 Å². The Morgan fingerprint density at radius 2 is 1.47 bits per heavy atom. The van der Waals surface area contributed by atoms with Crippen molar-refractivity contribution in [3.8, 4) is 0 Å². The molecule has 0 amide bonds. The average Bonchev–Trinajstić information content (AvgIpc) is 3.07. The van der Waals surface area contributed by atoms with Gasteiger partial charge in [0.1, 0.15) is 0 Å². The Hall–Kier alpha value is -2.39. The van der Waals surface area contributed by atoms with Crippen LogP contribution in [0.3, 0.4) is 0 Å². The number of rotatable bonds is 12. The van der Waals surface area contributed by atoms with E-state index in [4.69, 9.17) is 5.11 Å². The molecule has 0 aliphatic rings. The topological polar surface area (TPSA) is 42.2 Å². The summed E-state index contributed by atoms with van der Waals surface area (Å²) in [4.78, 5) is 13.3. The fourth-order valence-electron chi connectivity index (χ4n) is 4.54. The maximum atomic E-state index is 13.3. The molecule has 0 bridgehead atoms. The minimum absolute atomic E-state index is 0.109. The van der Waals surface area contributed by atoms with E-state index >= 15 is 0 Å².